The summed E-state index contributed by atoms with van der Waals surface area (Å²) in [5.74, 6) is 0.700. The van der Waals surface area contributed by atoms with Crippen LogP contribution < -0.4 is 4.74 Å². The number of likely N-dealkylation sites (N-methyl/N-ethyl adjacent to an activating group) is 2. The number of hydrogen-bond acceptors (Lipinski definition) is 6. The summed E-state index contributed by atoms with van der Waals surface area (Å²) in [5.41, 5.74) is 2.32. The second kappa shape index (κ2) is 8.88. The lowest BCUT2D eigenvalue weighted by atomic mass is 10.0. The monoisotopic (exact) mass is 332 g/mol. The third-order valence-corrected chi connectivity index (χ3v) is 4.59. The van der Waals surface area contributed by atoms with Gasteiger partial charge >= 0.3 is 0 Å². The molecular formula is C18H28N4O2. The Morgan fingerprint density at radius 2 is 1.96 bits per heavy atom. The average Bonchev–Trinajstić information content (AvgIpc) is 2.57. The first-order valence-electron chi connectivity index (χ1n) is 8.38. The summed E-state index contributed by atoms with van der Waals surface area (Å²) in [6.07, 6.45) is 0.804. The summed E-state index contributed by atoms with van der Waals surface area (Å²) in [4.78, 5) is 6.76. The molecule has 2 rings (SSSR count). The van der Waals surface area contributed by atoms with E-state index in [-0.39, 0.29) is 5.75 Å². The third kappa shape index (κ3) is 5.10. The van der Waals surface area contributed by atoms with E-state index >= 15 is 0 Å². The zero-order chi connectivity index (χ0) is 17.5. The Hall–Kier alpha value is -1.81. The van der Waals surface area contributed by atoms with Crippen LogP contribution in [0.25, 0.3) is 0 Å². The van der Waals surface area contributed by atoms with E-state index in [1.807, 2.05) is 24.1 Å². The molecule has 132 valence electrons. The Kier molecular flexibility index (Phi) is 6.85. The van der Waals surface area contributed by atoms with Crippen molar-refractivity contribution >= 4 is 0 Å². The van der Waals surface area contributed by atoms with Gasteiger partial charge in [-0.15, -0.1) is 0 Å². The topological polar surface area (TPSA) is 63.0 Å². The van der Waals surface area contributed by atoms with E-state index in [9.17, 15) is 5.11 Å². The molecule has 0 spiro atoms. The first-order chi connectivity index (χ1) is 11.5. The second-order valence-corrected chi connectivity index (χ2v) is 6.52. The predicted octanol–water partition coefficient (Wildman–Crippen LogP) is 1.15. The number of hydrogen-bond donors (Lipinski definition) is 1. The molecule has 1 saturated heterocycles. The van der Waals surface area contributed by atoms with Gasteiger partial charge in [-0.2, -0.15) is 5.26 Å². The van der Waals surface area contributed by atoms with Crippen LogP contribution in [0.3, 0.4) is 0 Å². The first-order valence-corrected chi connectivity index (χ1v) is 8.38. The van der Waals surface area contributed by atoms with Gasteiger partial charge in [0.15, 0.2) is 11.5 Å². The Balaban J connectivity index is 2.12. The van der Waals surface area contributed by atoms with Crippen LogP contribution in [0.4, 0.5) is 0 Å². The zero-order valence-electron chi connectivity index (χ0n) is 15.0. The van der Waals surface area contributed by atoms with Crippen LogP contribution in [0.5, 0.6) is 11.5 Å². The molecule has 1 fully saturated rings. The summed E-state index contributed by atoms with van der Waals surface area (Å²) < 4.78 is 5.28. The van der Waals surface area contributed by atoms with Gasteiger partial charge in [-0.1, -0.05) is 0 Å². The smallest absolute Gasteiger partial charge is 0.160 e. The molecule has 6 nitrogen and oxygen atoms in total. The molecule has 0 aromatic heterocycles. The normalized spacial score (nSPS) is 16.3. The van der Waals surface area contributed by atoms with Gasteiger partial charge in [0.1, 0.15) is 0 Å². The molecule has 0 atom stereocenters. The molecule has 6 heteroatoms. The molecule has 24 heavy (non-hydrogen) atoms. The van der Waals surface area contributed by atoms with Crippen LogP contribution >= 0.6 is 0 Å². The fourth-order valence-corrected chi connectivity index (χ4v) is 2.96. The minimum absolute atomic E-state index is 0.178. The summed E-state index contributed by atoms with van der Waals surface area (Å²) in [7, 11) is 5.67. The lowest BCUT2D eigenvalue weighted by molar-refractivity contribution is 0.147. The van der Waals surface area contributed by atoms with E-state index in [2.05, 4.69) is 22.9 Å². The highest BCUT2D eigenvalue weighted by Gasteiger charge is 2.17. The maximum Gasteiger partial charge on any atom is 0.160 e. The van der Waals surface area contributed by atoms with Crippen LogP contribution in [-0.4, -0.2) is 80.3 Å². The number of aromatic hydroxyl groups is 1. The number of rotatable bonds is 7. The standard InChI is InChI=1S/C18H28N4O2/c1-20(7-5-19)6-4-15-12-17(23)18(24-3)13-16(15)14-22-10-8-21(2)9-11-22/h12-13,23H,4,6-11,14H2,1-3H3. The first kappa shape index (κ1) is 18.5. The summed E-state index contributed by atoms with van der Waals surface area (Å²) in [6.45, 7) is 6.32. The fraction of sp³-hybridized carbons (Fsp3) is 0.611. The molecule has 1 aromatic carbocycles. The van der Waals surface area contributed by atoms with Crippen molar-refractivity contribution in [2.45, 2.75) is 13.0 Å². The number of benzene rings is 1. The number of methoxy groups -OCH3 is 1. The molecule has 0 bridgehead atoms. The van der Waals surface area contributed by atoms with Crippen LogP contribution in [-0.2, 0) is 13.0 Å². The molecule has 0 radical (unpaired) electrons. The third-order valence-electron chi connectivity index (χ3n) is 4.59. The van der Waals surface area contributed by atoms with Gasteiger partial charge in [0.05, 0.1) is 19.7 Å². The second-order valence-electron chi connectivity index (χ2n) is 6.52. The fourth-order valence-electron chi connectivity index (χ4n) is 2.96. The molecule has 1 aliphatic rings. The van der Waals surface area contributed by atoms with E-state index < -0.39 is 0 Å². The summed E-state index contributed by atoms with van der Waals surface area (Å²) >= 11 is 0. The highest BCUT2D eigenvalue weighted by Crippen LogP contribution is 2.30. The van der Waals surface area contributed by atoms with Gasteiger partial charge in [-0.05, 0) is 43.8 Å². The molecular weight excluding hydrogens is 304 g/mol. The zero-order valence-corrected chi connectivity index (χ0v) is 15.0. The molecule has 0 aliphatic carbocycles. The lowest BCUT2D eigenvalue weighted by Crippen LogP contribution is -2.44. The number of phenols is 1. The summed E-state index contributed by atoms with van der Waals surface area (Å²) in [6, 6.07) is 5.92. The summed E-state index contributed by atoms with van der Waals surface area (Å²) in [5, 5.41) is 18.9. The Morgan fingerprint density at radius 3 is 2.58 bits per heavy atom. The molecule has 1 aliphatic heterocycles. The number of nitriles is 1. The quantitative estimate of drug-likeness (QED) is 0.756. The van der Waals surface area contributed by atoms with Gasteiger partial charge in [-0.3, -0.25) is 9.80 Å². The van der Waals surface area contributed by atoms with Crippen molar-refractivity contribution in [3.63, 3.8) is 0 Å². The maximum absolute atomic E-state index is 10.1. The van der Waals surface area contributed by atoms with Crippen molar-refractivity contribution in [3.05, 3.63) is 23.3 Å². The van der Waals surface area contributed by atoms with Crippen molar-refractivity contribution < 1.29 is 9.84 Å². The van der Waals surface area contributed by atoms with Crippen molar-refractivity contribution in [3.8, 4) is 17.6 Å². The van der Waals surface area contributed by atoms with Gasteiger partial charge in [-0.25, -0.2) is 0 Å². The van der Waals surface area contributed by atoms with E-state index in [1.165, 1.54) is 5.56 Å². The molecule has 1 heterocycles. The molecule has 0 saturated carbocycles. The van der Waals surface area contributed by atoms with E-state index in [4.69, 9.17) is 10.00 Å². The van der Waals surface area contributed by atoms with Gasteiger partial charge in [0.2, 0.25) is 0 Å². The number of nitrogens with zero attached hydrogens (tertiary/aromatic N) is 4. The minimum Gasteiger partial charge on any atom is -0.504 e. The van der Waals surface area contributed by atoms with Crippen molar-refractivity contribution in [2.75, 3.05) is 60.5 Å². The van der Waals surface area contributed by atoms with E-state index in [0.717, 1.165) is 51.3 Å². The average molecular weight is 332 g/mol. The highest BCUT2D eigenvalue weighted by atomic mass is 16.5. The number of phenolic OH excluding ortho intramolecular Hbond substituents is 1. The number of ether oxygens (including phenoxy) is 1. The molecule has 0 unspecified atom stereocenters. The SMILES string of the molecule is COc1cc(CN2CCN(C)CC2)c(CCN(C)CC#N)cc1O. The maximum atomic E-state index is 10.1. The number of piperazine rings is 1. The van der Waals surface area contributed by atoms with Crippen LogP contribution in [0, 0.1) is 11.3 Å². The van der Waals surface area contributed by atoms with Gasteiger partial charge in [0.25, 0.3) is 0 Å². The van der Waals surface area contributed by atoms with E-state index in [0.29, 0.717) is 12.3 Å². The van der Waals surface area contributed by atoms with Crippen molar-refractivity contribution in [2.24, 2.45) is 0 Å². The highest BCUT2D eigenvalue weighted by molar-refractivity contribution is 5.46. The Morgan fingerprint density at radius 1 is 1.25 bits per heavy atom. The van der Waals surface area contributed by atoms with Crippen LogP contribution in [0.15, 0.2) is 12.1 Å². The van der Waals surface area contributed by atoms with Crippen LogP contribution in [0.2, 0.25) is 0 Å². The van der Waals surface area contributed by atoms with Gasteiger partial charge < -0.3 is 14.7 Å². The molecule has 1 aromatic rings. The minimum atomic E-state index is 0.178. The molecule has 0 amide bonds. The van der Waals surface area contributed by atoms with Crippen molar-refractivity contribution in [1.29, 1.82) is 5.26 Å². The van der Waals surface area contributed by atoms with Crippen molar-refractivity contribution in [1.82, 2.24) is 14.7 Å². The van der Waals surface area contributed by atoms with E-state index in [1.54, 1.807) is 7.11 Å². The largest absolute Gasteiger partial charge is 0.504 e. The Bertz CT molecular complexity index is 577. The Labute approximate surface area is 144 Å². The lowest BCUT2D eigenvalue weighted by Gasteiger charge is -2.33. The van der Waals surface area contributed by atoms with Crippen LogP contribution in [0.1, 0.15) is 11.1 Å². The van der Waals surface area contributed by atoms with Gasteiger partial charge in [0, 0.05) is 39.3 Å². The predicted molar refractivity (Wildman–Crippen MR) is 94.2 cm³/mol. The molecule has 1 N–H and O–H groups in total.